The number of nitro groups is 1. The average molecular weight is 350 g/mol. The summed E-state index contributed by atoms with van der Waals surface area (Å²) in [5.41, 5.74) is -0.331. The molecule has 0 spiro atoms. The first kappa shape index (κ1) is 18.7. The smallest absolute Gasteiger partial charge is 0.338 e. The lowest BCUT2D eigenvalue weighted by atomic mass is 9.92. The summed E-state index contributed by atoms with van der Waals surface area (Å²) in [5.74, 6) is -0.166. The van der Waals surface area contributed by atoms with E-state index in [0.717, 1.165) is 12.5 Å². The molecule has 1 heterocycles. The molecule has 0 N–H and O–H groups in total. The second kappa shape index (κ2) is 7.96. The molecule has 0 unspecified atom stereocenters. The van der Waals surface area contributed by atoms with Crippen molar-refractivity contribution in [3.05, 3.63) is 33.9 Å². The van der Waals surface area contributed by atoms with Gasteiger partial charge in [0.25, 0.3) is 5.91 Å². The number of hydrogen-bond acceptors (Lipinski definition) is 6. The van der Waals surface area contributed by atoms with Gasteiger partial charge in [-0.05, 0) is 30.4 Å². The molecule has 1 aromatic carbocycles. The Bertz CT molecular complexity index is 665. The molecule has 0 bridgehead atoms. The molecule has 1 aliphatic heterocycles. The van der Waals surface area contributed by atoms with E-state index in [-0.39, 0.29) is 29.5 Å². The van der Waals surface area contributed by atoms with Gasteiger partial charge < -0.3 is 14.4 Å². The minimum atomic E-state index is -0.780. The molecule has 0 radical (unpaired) electrons. The summed E-state index contributed by atoms with van der Waals surface area (Å²) in [4.78, 5) is 36.4. The van der Waals surface area contributed by atoms with Crippen LogP contribution in [-0.4, -0.2) is 48.5 Å². The van der Waals surface area contributed by atoms with Gasteiger partial charge >= 0.3 is 11.7 Å². The van der Waals surface area contributed by atoms with Crippen molar-refractivity contribution in [1.82, 2.24) is 4.90 Å². The van der Waals surface area contributed by atoms with E-state index < -0.39 is 10.9 Å². The Balaban J connectivity index is 1.99. The topological polar surface area (TPSA) is 99.0 Å². The summed E-state index contributed by atoms with van der Waals surface area (Å²) in [6.45, 7) is 5.08. The van der Waals surface area contributed by atoms with Gasteiger partial charge in [-0.3, -0.25) is 14.9 Å². The van der Waals surface area contributed by atoms with Crippen LogP contribution in [0.1, 0.15) is 30.6 Å². The summed E-state index contributed by atoms with van der Waals surface area (Å²) < 4.78 is 9.91. The normalized spacial score (nSPS) is 20.0. The number of likely N-dealkylation sites (tertiary alicyclic amines) is 1. The van der Waals surface area contributed by atoms with Gasteiger partial charge in [0, 0.05) is 19.2 Å². The summed E-state index contributed by atoms with van der Waals surface area (Å²) in [6, 6.07) is 3.77. The maximum atomic E-state index is 12.2. The number of nitro benzene ring substituents is 1. The van der Waals surface area contributed by atoms with Gasteiger partial charge in [0.15, 0.2) is 12.4 Å². The molecule has 0 aliphatic carbocycles. The van der Waals surface area contributed by atoms with Gasteiger partial charge in [-0.15, -0.1) is 0 Å². The molecule has 0 saturated carbocycles. The highest BCUT2D eigenvalue weighted by atomic mass is 16.6. The van der Waals surface area contributed by atoms with E-state index in [9.17, 15) is 19.7 Å². The van der Waals surface area contributed by atoms with E-state index in [1.165, 1.54) is 19.2 Å². The van der Waals surface area contributed by atoms with E-state index >= 15 is 0 Å². The molecule has 0 aromatic heterocycles. The van der Waals surface area contributed by atoms with Crippen LogP contribution in [0.2, 0.25) is 0 Å². The minimum absolute atomic E-state index is 0.000630. The van der Waals surface area contributed by atoms with Crippen LogP contribution in [0.15, 0.2) is 18.2 Å². The molecule has 1 amide bonds. The number of benzene rings is 1. The van der Waals surface area contributed by atoms with Crippen molar-refractivity contribution in [2.24, 2.45) is 11.8 Å². The Labute approximate surface area is 145 Å². The summed E-state index contributed by atoms with van der Waals surface area (Å²) >= 11 is 0. The first-order valence-electron chi connectivity index (χ1n) is 8.09. The fourth-order valence-corrected chi connectivity index (χ4v) is 3.13. The van der Waals surface area contributed by atoms with Gasteiger partial charge in [0.1, 0.15) is 0 Å². The zero-order chi connectivity index (χ0) is 18.6. The number of piperidine rings is 1. The predicted octanol–water partition coefficient (Wildman–Crippen LogP) is 2.26. The summed E-state index contributed by atoms with van der Waals surface area (Å²) in [6.07, 6.45) is 1.07. The highest BCUT2D eigenvalue weighted by Gasteiger charge is 2.26. The van der Waals surface area contributed by atoms with Crippen molar-refractivity contribution >= 4 is 17.6 Å². The van der Waals surface area contributed by atoms with Crippen LogP contribution in [-0.2, 0) is 9.53 Å². The molecule has 2 rings (SSSR count). The average Bonchev–Trinajstić information content (AvgIpc) is 2.57. The molecule has 136 valence electrons. The monoisotopic (exact) mass is 350 g/mol. The number of methoxy groups -OCH3 is 1. The largest absolute Gasteiger partial charge is 0.490 e. The van der Waals surface area contributed by atoms with Crippen LogP contribution in [0.4, 0.5) is 5.69 Å². The van der Waals surface area contributed by atoms with E-state index in [1.54, 1.807) is 4.90 Å². The molecule has 25 heavy (non-hydrogen) atoms. The van der Waals surface area contributed by atoms with Crippen molar-refractivity contribution in [3.63, 3.8) is 0 Å². The molecule has 1 fully saturated rings. The zero-order valence-electron chi connectivity index (χ0n) is 14.6. The fourth-order valence-electron chi connectivity index (χ4n) is 3.13. The second-order valence-corrected chi connectivity index (χ2v) is 6.46. The molecule has 1 saturated heterocycles. The Morgan fingerprint density at radius 1 is 1.28 bits per heavy atom. The zero-order valence-corrected chi connectivity index (χ0v) is 14.6. The van der Waals surface area contributed by atoms with Crippen molar-refractivity contribution in [2.45, 2.75) is 20.3 Å². The third-order valence-corrected chi connectivity index (χ3v) is 4.16. The number of amides is 1. The van der Waals surface area contributed by atoms with Crippen LogP contribution in [0, 0.1) is 22.0 Å². The molecular weight excluding hydrogens is 328 g/mol. The highest BCUT2D eigenvalue weighted by molar-refractivity contribution is 5.92. The van der Waals surface area contributed by atoms with Crippen LogP contribution in [0.3, 0.4) is 0 Å². The quantitative estimate of drug-likeness (QED) is 0.459. The summed E-state index contributed by atoms with van der Waals surface area (Å²) in [5, 5.41) is 11.0. The number of esters is 1. The maximum Gasteiger partial charge on any atom is 0.338 e. The van der Waals surface area contributed by atoms with Crippen LogP contribution < -0.4 is 4.74 Å². The van der Waals surface area contributed by atoms with E-state index in [0.29, 0.717) is 24.9 Å². The van der Waals surface area contributed by atoms with Gasteiger partial charge in [0.2, 0.25) is 0 Å². The molecule has 8 heteroatoms. The number of carbonyl (C=O) groups is 2. The second-order valence-electron chi connectivity index (χ2n) is 6.46. The predicted molar refractivity (Wildman–Crippen MR) is 89.5 cm³/mol. The SMILES string of the molecule is COc1ccc(C(=O)OCC(=O)N2C[C@H](C)C[C@@H](C)C2)cc1[N+](=O)[O-]. The van der Waals surface area contributed by atoms with Gasteiger partial charge in [-0.25, -0.2) is 4.79 Å². The standard InChI is InChI=1S/C17H22N2O6/c1-11-6-12(2)9-18(8-11)16(20)10-25-17(21)13-4-5-15(24-3)14(7-13)19(22)23/h4-5,7,11-12H,6,8-10H2,1-3H3/t11-,12-/m1/s1. The van der Waals surface area contributed by atoms with Gasteiger partial charge in [-0.2, -0.15) is 0 Å². The summed E-state index contributed by atoms with van der Waals surface area (Å²) in [7, 11) is 1.31. The lowest BCUT2D eigenvalue weighted by molar-refractivity contribution is -0.385. The van der Waals surface area contributed by atoms with Crippen molar-refractivity contribution < 1.29 is 24.0 Å². The lowest BCUT2D eigenvalue weighted by Gasteiger charge is -2.34. The van der Waals surface area contributed by atoms with Crippen LogP contribution in [0.5, 0.6) is 5.75 Å². The van der Waals surface area contributed by atoms with Gasteiger partial charge in [-0.1, -0.05) is 13.8 Å². The molecule has 2 atom stereocenters. The van der Waals surface area contributed by atoms with Crippen LogP contribution >= 0.6 is 0 Å². The minimum Gasteiger partial charge on any atom is -0.490 e. The number of hydrogen-bond donors (Lipinski definition) is 0. The fraction of sp³-hybridized carbons (Fsp3) is 0.529. The molecular formula is C17H22N2O6. The maximum absolute atomic E-state index is 12.2. The first-order chi connectivity index (χ1) is 11.8. The number of nitrogens with zero attached hydrogens (tertiary/aromatic N) is 2. The molecule has 8 nitrogen and oxygen atoms in total. The Morgan fingerprint density at radius 2 is 1.92 bits per heavy atom. The van der Waals surface area contributed by atoms with Gasteiger partial charge in [0.05, 0.1) is 17.6 Å². The Hall–Kier alpha value is -2.64. The lowest BCUT2D eigenvalue weighted by Crippen LogP contribution is -2.44. The van der Waals surface area contributed by atoms with E-state index in [4.69, 9.17) is 9.47 Å². The Morgan fingerprint density at radius 3 is 2.48 bits per heavy atom. The number of carbonyl (C=O) groups excluding carboxylic acids is 2. The highest BCUT2D eigenvalue weighted by Crippen LogP contribution is 2.27. The number of rotatable bonds is 5. The van der Waals surface area contributed by atoms with Crippen molar-refractivity contribution in [2.75, 3.05) is 26.8 Å². The van der Waals surface area contributed by atoms with Crippen molar-refractivity contribution in [3.8, 4) is 5.75 Å². The first-order valence-corrected chi connectivity index (χ1v) is 8.09. The van der Waals surface area contributed by atoms with E-state index in [1.807, 2.05) is 0 Å². The third-order valence-electron chi connectivity index (χ3n) is 4.16. The molecule has 1 aliphatic rings. The Kier molecular flexibility index (Phi) is 5.95. The molecule has 1 aromatic rings. The van der Waals surface area contributed by atoms with E-state index in [2.05, 4.69) is 13.8 Å². The number of ether oxygens (including phenoxy) is 2. The van der Waals surface area contributed by atoms with Crippen molar-refractivity contribution in [1.29, 1.82) is 0 Å². The van der Waals surface area contributed by atoms with Crippen LogP contribution in [0.25, 0.3) is 0 Å². The third kappa shape index (κ3) is 4.68.